The summed E-state index contributed by atoms with van der Waals surface area (Å²) in [7, 11) is 1.65. The molecule has 1 amide bonds. The molecule has 1 aromatic heterocycles. The molecule has 3 rings (SSSR count). The van der Waals surface area contributed by atoms with E-state index in [-0.39, 0.29) is 17.5 Å². The summed E-state index contributed by atoms with van der Waals surface area (Å²) >= 11 is 0. The van der Waals surface area contributed by atoms with Gasteiger partial charge in [-0.25, -0.2) is 0 Å². The lowest BCUT2D eigenvalue weighted by Crippen LogP contribution is -2.45. The Hall–Kier alpha value is -2.76. The number of nitrogens with one attached hydrogen (secondary N) is 1. The fourth-order valence-electron chi connectivity index (χ4n) is 3.52. The number of rotatable bonds is 6. The Bertz CT molecular complexity index is 829. The molecule has 6 heteroatoms. The molecule has 0 aliphatic carbocycles. The van der Waals surface area contributed by atoms with Crippen molar-refractivity contribution in [2.24, 2.45) is 0 Å². The minimum atomic E-state index is -0.0551. The molecule has 6 nitrogen and oxygen atoms in total. The van der Waals surface area contributed by atoms with Gasteiger partial charge in [0.1, 0.15) is 5.75 Å². The number of aromatic nitrogens is 1. The lowest BCUT2D eigenvalue weighted by atomic mass is 10.0. The second-order valence-electron chi connectivity index (χ2n) is 6.96. The smallest absolute Gasteiger partial charge is 0.250 e. The van der Waals surface area contributed by atoms with E-state index in [0.717, 1.165) is 36.5 Å². The molecule has 1 fully saturated rings. The van der Waals surface area contributed by atoms with Gasteiger partial charge in [-0.05, 0) is 50.1 Å². The summed E-state index contributed by atoms with van der Waals surface area (Å²) in [5.41, 5.74) is 1.86. The van der Waals surface area contributed by atoms with Crippen LogP contribution < -0.4 is 15.6 Å². The van der Waals surface area contributed by atoms with Crippen LogP contribution in [0.15, 0.2) is 47.3 Å². The van der Waals surface area contributed by atoms with E-state index in [2.05, 4.69) is 5.32 Å². The van der Waals surface area contributed by atoms with Gasteiger partial charge in [-0.2, -0.15) is 0 Å². The standard InChI is InChI=1S/C21H27N3O3/c1-16-5-3-7-21(26)24(16)14-12-20(25)23-13-4-6-18(15-23)22-17-8-10-19(27-2)11-9-17/h3,5,7-11,18,22H,4,6,12-15H2,1-2H3/t18-/m1/s1. The Labute approximate surface area is 159 Å². The van der Waals surface area contributed by atoms with Crippen LogP contribution in [-0.2, 0) is 11.3 Å². The summed E-state index contributed by atoms with van der Waals surface area (Å²) in [6.07, 6.45) is 2.36. The number of methoxy groups -OCH3 is 1. The van der Waals surface area contributed by atoms with Gasteiger partial charge in [0.25, 0.3) is 5.56 Å². The number of carbonyl (C=O) groups is 1. The van der Waals surface area contributed by atoms with Crippen LogP contribution in [0.4, 0.5) is 5.69 Å². The fourth-order valence-corrected chi connectivity index (χ4v) is 3.52. The molecule has 0 radical (unpaired) electrons. The number of likely N-dealkylation sites (tertiary alicyclic amines) is 1. The number of hydrogen-bond donors (Lipinski definition) is 1. The molecular weight excluding hydrogens is 342 g/mol. The van der Waals surface area contributed by atoms with Gasteiger partial charge in [-0.15, -0.1) is 0 Å². The Kier molecular flexibility index (Phi) is 6.16. The van der Waals surface area contributed by atoms with Crippen LogP contribution in [0, 0.1) is 6.92 Å². The third-order valence-corrected chi connectivity index (χ3v) is 5.05. The van der Waals surface area contributed by atoms with E-state index in [4.69, 9.17) is 4.74 Å². The van der Waals surface area contributed by atoms with Crippen molar-refractivity contribution in [3.8, 4) is 5.75 Å². The van der Waals surface area contributed by atoms with Crippen LogP contribution in [0.3, 0.4) is 0 Å². The summed E-state index contributed by atoms with van der Waals surface area (Å²) in [5, 5.41) is 3.50. The minimum Gasteiger partial charge on any atom is -0.497 e. The van der Waals surface area contributed by atoms with Crippen LogP contribution in [0.2, 0.25) is 0 Å². The van der Waals surface area contributed by atoms with E-state index in [1.165, 1.54) is 6.07 Å². The highest BCUT2D eigenvalue weighted by atomic mass is 16.5. The summed E-state index contributed by atoms with van der Waals surface area (Å²) in [6.45, 7) is 3.79. The first-order chi connectivity index (χ1) is 13.1. The Morgan fingerprint density at radius 2 is 2.00 bits per heavy atom. The molecule has 1 N–H and O–H groups in total. The average molecular weight is 369 g/mol. The molecule has 1 aromatic carbocycles. The first-order valence-electron chi connectivity index (χ1n) is 9.41. The van der Waals surface area contributed by atoms with Gasteiger partial charge in [0.15, 0.2) is 0 Å². The van der Waals surface area contributed by atoms with Gasteiger partial charge in [0.2, 0.25) is 5.91 Å². The topological polar surface area (TPSA) is 63.6 Å². The van der Waals surface area contributed by atoms with Crippen LogP contribution in [0.1, 0.15) is 25.0 Å². The van der Waals surface area contributed by atoms with Gasteiger partial charge in [0.05, 0.1) is 7.11 Å². The van der Waals surface area contributed by atoms with Crippen molar-refractivity contribution < 1.29 is 9.53 Å². The molecule has 144 valence electrons. The summed E-state index contributed by atoms with van der Waals surface area (Å²) in [4.78, 5) is 26.5. The van der Waals surface area contributed by atoms with Gasteiger partial charge in [0, 0.05) is 49.5 Å². The third-order valence-electron chi connectivity index (χ3n) is 5.05. The Morgan fingerprint density at radius 1 is 1.22 bits per heavy atom. The SMILES string of the molecule is COc1ccc(N[C@@H]2CCCN(C(=O)CCn3c(C)cccc3=O)C2)cc1. The largest absolute Gasteiger partial charge is 0.497 e. The number of anilines is 1. The normalized spacial score (nSPS) is 16.8. The zero-order valence-corrected chi connectivity index (χ0v) is 16.0. The first kappa shape index (κ1) is 19.0. The molecule has 1 aliphatic heterocycles. The second kappa shape index (κ2) is 8.75. The first-order valence-corrected chi connectivity index (χ1v) is 9.41. The molecule has 1 saturated heterocycles. The monoisotopic (exact) mass is 369 g/mol. The maximum Gasteiger partial charge on any atom is 0.250 e. The molecule has 0 bridgehead atoms. The van der Waals surface area contributed by atoms with Crippen molar-refractivity contribution in [2.75, 3.05) is 25.5 Å². The summed E-state index contributed by atoms with van der Waals surface area (Å²) in [5.74, 6) is 0.929. The quantitative estimate of drug-likeness (QED) is 0.850. The predicted molar refractivity (Wildman–Crippen MR) is 106 cm³/mol. The number of nitrogens with zero attached hydrogens (tertiary/aromatic N) is 2. The predicted octanol–water partition coefficient (Wildman–Crippen LogP) is 2.66. The van der Waals surface area contributed by atoms with Crippen molar-refractivity contribution >= 4 is 11.6 Å². The fraction of sp³-hybridized carbons (Fsp3) is 0.429. The number of pyridine rings is 1. The molecule has 0 saturated carbocycles. The number of benzene rings is 1. The van der Waals surface area contributed by atoms with Gasteiger partial charge < -0.3 is 19.5 Å². The molecule has 1 atom stereocenters. The lowest BCUT2D eigenvalue weighted by molar-refractivity contribution is -0.132. The molecule has 2 aromatic rings. The minimum absolute atomic E-state index is 0.0551. The van der Waals surface area contributed by atoms with Crippen molar-refractivity contribution in [3.05, 3.63) is 58.5 Å². The number of hydrogen-bond acceptors (Lipinski definition) is 4. The number of carbonyl (C=O) groups excluding carboxylic acids is 1. The average Bonchev–Trinajstić information content (AvgIpc) is 2.68. The van der Waals surface area contributed by atoms with E-state index >= 15 is 0 Å². The maximum absolute atomic E-state index is 12.6. The zero-order chi connectivity index (χ0) is 19.2. The molecular formula is C21H27N3O3. The number of piperidine rings is 1. The van der Waals surface area contributed by atoms with Crippen molar-refractivity contribution in [3.63, 3.8) is 0 Å². The van der Waals surface area contributed by atoms with Crippen LogP contribution >= 0.6 is 0 Å². The van der Waals surface area contributed by atoms with Crippen molar-refractivity contribution in [1.82, 2.24) is 9.47 Å². The van der Waals surface area contributed by atoms with Gasteiger partial charge in [-0.1, -0.05) is 6.07 Å². The summed E-state index contributed by atoms with van der Waals surface area (Å²) < 4.78 is 6.84. The number of amides is 1. The van der Waals surface area contributed by atoms with E-state index in [9.17, 15) is 9.59 Å². The number of ether oxygens (including phenoxy) is 1. The van der Waals surface area contributed by atoms with Crippen molar-refractivity contribution in [2.45, 2.75) is 38.8 Å². The van der Waals surface area contributed by atoms with Gasteiger partial charge in [-0.3, -0.25) is 9.59 Å². The number of aryl methyl sites for hydroxylation is 1. The van der Waals surface area contributed by atoms with Crippen molar-refractivity contribution in [1.29, 1.82) is 0 Å². The molecule has 27 heavy (non-hydrogen) atoms. The molecule has 2 heterocycles. The Morgan fingerprint density at radius 3 is 2.70 bits per heavy atom. The molecule has 0 spiro atoms. The van der Waals surface area contributed by atoms with E-state index in [0.29, 0.717) is 19.5 Å². The van der Waals surface area contributed by atoms with E-state index < -0.39 is 0 Å². The highest BCUT2D eigenvalue weighted by Crippen LogP contribution is 2.19. The van der Waals surface area contributed by atoms with Crippen LogP contribution in [0.5, 0.6) is 5.75 Å². The highest BCUT2D eigenvalue weighted by molar-refractivity contribution is 5.76. The molecule has 1 aliphatic rings. The highest BCUT2D eigenvalue weighted by Gasteiger charge is 2.23. The molecule has 0 unspecified atom stereocenters. The van der Waals surface area contributed by atoms with Crippen LogP contribution in [0.25, 0.3) is 0 Å². The van der Waals surface area contributed by atoms with Gasteiger partial charge >= 0.3 is 0 Å². The zero-order valence-electron chi connectivity index (χ0n) is 16.0. The lowest BCUT2D eigenvalue weighted by Gasteiger charge is -2.34. The van der Waals surface area contributed by atoms with Crippen LogP contribution in [-0.4, -0.2) is 41.6 Å². The summed E-state index contributed by atoms with van der Waals surface area (Å²) in [6, 6.07) is 13.2. The maximum atomic E-state index is 12.6. The van der Waals surface area contributed by atoms with E-state index in [1.807, 2.05) is 42.2 Å². The Balaban J connectivity index is 1.55. The van der Waals surface area contributed by atoms with E-state index in [1.54, 1.807) is 17.7 Å². The second-order valence-corrected chi connectivity index (χ2v) is 6.96. The third kappa shape index (κ3) is 4.90.